The average Bonchev–Trinajstić information content (AvgIpc) is 2.85. The smallest absolute Gasteiger partial charge is 0.387 e. The summed E-state index contributed by atoms with van der Waals surface area (Å²) in [4.78, 5) is 14.0. The molecule has 1 fully saturated rings. The van der Waals surface area contributed by atoms with Gasteiger partial charge < -0.3 is 15.0 Å². The Bertz CT molecular complexity index is 479. The molecule has 1 aliphatic heterocycles. The van der Waals surface area contributed by atoms with E-state index < -0.39 is 6.61 Å². The third-order valence-electron chi connectivity index (χ3n) is 3.79. The highest BCUT2D eigenvalue weighted by Crippen LogP contribution is 2.20. The van der Waals surface area contributed by atoms with Crippen molar-refractivity contribution >= 4 is 5.91 Å². The first-order valence-corrected chi connectivity index (χ1v) is 6.99. The Morgan fingerprint density at radius 1 is 1.43 bits per heavy atom. The zero-order chi connectivity index (χ0) is 15.4. The molecule has 0 bridgehead atoms. The van der Waals surface area contributed by atoms with Crippen molar-refractivity contribution in [3.8, 4) is 5.75 Å². The fraction of sp³-hybridized carbons (Fsp3) is 0.533. The molecule has 0 aromatic heterocycles. The molecule has 0 aliphatic carbocycles. The SMILES string of the molecule is CC1NCCC1C(=O)N(C)Cc1ccc(OC(F)F)cc1. The van der Waals surface area contributed by atoms with E-state index in [2.05, 4.69) is 10.1 Å². The molecule has 1 amide bonds. The lowest BCUT2D eigenvalue weighted by Gasteiger charge is -2.23. The zero-order valence-electron chi connectivity index (χ0n) is 12.2. The van der Waals surface area contributed by atoms with Crippen molar-refractivity contribution in [2.24, 2.45) is 5.92 Å². The summed E-state index contributed by atoms with van der Waals surface area (Å²) in [6.45, 7) is 0.513. The third kappa shape index (κ3) is 4.14. The van der Waals surface area contributed by atoms with Crippen LogP contribution in [-0.2, 0) is 11.3 Å². The van der Waals surface area contributed by atoms with Crippen LogP contribution in [0, 0.1) is 5.92 Å². The molecule has 1 N–H and O–H groups in total. The van der Waals surface area contributed by atoms with Crippen LogP contribution in [0.25, 0.3) is 0 Å². The lowest BCUT2D eigenvalue weighted by Crippen LogP contribution is -2.37. The Morgan fingerprint density at radius 2 is 2.10 bits per heavy atom. The fourth-order valence-electron chi connectivity index (χ4n) is 2.61. The van der Waals surface area contributed by atoms with Crippen LogP contribution >= 0.6 is 0 Å². The van der Waals surface area contributed by atoms with E-state index >= 15 is 0 Å². The number of hydrogen-bond acceptors (Lipinski definition) is 3. The van der Waals surface area contributed by atoms with Gasteiger partial charge in [0.05, 0.1) is 5.92 Å². The fourth-order valence-corrected chi connectivity index (χ4v) is 2.61. The van der Waals surface area contributed by atoms with Crippen molar-refractivity contribution in [2.75, 3.05) is 13.6 Å². The standard InChI is InChI=1S/C15H20F2N2O2/c1-10-13(7-8-18-10)14(20)19(2)9-11-3-5-12(6-4-11)21-15(16)17/h3-6,10,13,15,18H,7-9H2,1-2H3. The van der Waals surface area contributed by atoms with Gasteiger partial charge in [-0.3, -0.25) is 4.79 Å². The lowest BCUT2D eigenvalue weighted by molar-refractivity contribution is -0.134. The first-order valence-electron chi connectivity index (χ1n) is 6.99. The number of carbonyl (C=O) groups excluding carboxylic acids is 1. The number of benzene rings is 1. The number of nitrogens with one attached hydrogen (secondary N) is 1. The first kappa shape index (κ1) is 15.7. The number of alkyl halides is 2. The summed E-state index contributed by atoms with van der Waals surface area (Å²) in [5, 5.41) is 3.26. The normalized spacial score (nSPS) is 21.6. The summed E-state index contributed by atoms with van der Waals surface area (Å²) in [6.07, 6.45) is 0.853. The summed E-state index contributed by atoms with van der Waals surface area (Å²) in [7, 11) is 1.76. The monoisotopic (exact) mass is 298 g/mol. The Hall–Kier alpha value is -1.69. The highest BCUT2D eigenvalue weighted by Gasteiger charge is 2.31. The summed E-state index contributed by atoms with van der Waals surface area (Å²) in [6, 6.07) is 6.55. The van der Waals surface area contributed by atoms with E-state index in [0.717, 1.165) is 18.5 Å². The molecule has 116 valence electrons. The maximum atomic E-state index is 12.3. The molecule has 0 spiro atoms. The number of amides is 1. The van der Waals surface area contributed by atoms with E-state index in [9.17, 15) is 13.6 Å². The molecule has 1 heterocycles. The van der Waals surface area contributed by atoms with Gasteiger partial charge in [0.2, 0.25) is 5.91 Å². The second-order valence-corrected chi connectivity index (χ2v) is 5.35. The number of ether oxygens (including phenoxy) is 1. The quantitative estimate of drug-likeness (QED) is 0.906. The predicted molar refractivity (Wildman–Crippen MR) is 75.1 cm³/mol. The van der Waals surface area contributed by atoms with Gasteiger partial charge in [-0.25, -0.2) is 0 Å². The van der Waals surface area contributed by atoms with Crippen LogP contribution in [0.2, 0.25) is 0 Å². The molecule has 2 rings (SSSR count). The number of nitrogens with zero attached hydrogens (tertiary/aromatic N) is 1. The van der Waals surface area contributed by atoms with Gasteiger partial charge in [-0.05, 0) is 37.6 Å². The largest absolute Gasteiger partial charge is 0.435 e. The maximum absolute atomic E-state index is 12.3. The third-order valence-corrected chi connectivity index (χ3v) is 3.79. The molecule has 21 heavy (non-hydrogen) atoms. The number of hydrogen-bond donors (Lipinski definition) is 1. The van der Waals surface area contributed by atoms with Gasteiger partial charge in [0, 0.05) is 19.6 Å². The number of rotatable bonds is 5. The molecule has 1 aliphatic rings. The van der Waals surface area contributed by atoms with Crippen LogP contribution in [0.15, 0.2) is 24.3 Å². The molecule has 1 aromatic rings. The molecular weight excluding hydrogens is 278 g/mol. The van der Waals surface area contributed by atoms with Crippen molar-refractivity contribution in [1.29, 1.82) is 0 Å². The van der Waals surface area contributed by atoms with Gasteiger partial charge in [-0.1, -0.05) is 12.1 Å². The predicted octanol–water partition coefficient (Wildman–Crippen LogP) is 2.24. The molecular formula is C15H20F2N2O2. The highest BCUT2D eigenvalue weighted by atomic mass is 19.3. The van der Waals surface area contributed by atoms with Crippen LogP contribution < -0.4 is 10.1 Å². The van der Waals surface area contributed by atoms with Gasteiger partial charge in [0.15, 0.2) is 0 Å². The minimum atomic E-state index is -2.82. The van der Waals surface area contributed by atoms with Crippen LogP contribution in [0.3, 0.4) is 0 Å². The molecule has 6 heteroatoms. The highest BCUT2D eigenvalue weighted by molar-refractivity contribution is 5.79. The van der Waals surface area contributed by atoms with Crippen LogP contribution in [0.4, 0.5) is 8.78 Å². The van der Waals surface area contributed by atoms with E-state index in [0.29, 0.717) is 6.54 Å². The first-order chi connectivity index (χ1) is 9.97. The Labute approximate surface area is 123 Å². The van der Waals surface area contributed by atoms with Crippen LogP contribution in [0.5, 0.6) is 5.75 Å². The average molecular weight is 298 g/mol. The van der Waals surface area contributed by atoms with Gasteiger partial charge in [0.25, 0.3) is 0 Å². The van der Waals surface area contributed by atoms with Gasteiger partial charge in [-0.2, -0.15) is 8.78 Å². The zero-order valence-corrected chi connectivity index (χ0v) is 12.2. The second kappa shape index (κ2) is 6.85. The van der Waals surface area contributed by atoms with E-state index in [1.807, 2.05) is 6.92 Å². The second-order valence-electron chi connectivity index (χ2n) is 5.35. The molecule has 0 saturated carbocycles. The van der Waals surface area contributed by atoms with Crippen molar-refractivity contribution in [2.45, 2.75) is 32.5 Å². The van der Waals surface area contributed by atoms with E-state index in [4.69, 9.17) is 0 Å². The van der Waals surface area contributed by atoms with Crippen molar-refractivity contribution in [3.05, 3.63) is 29.8 Å². The van der Waals surface area contributed by atoms with Gasteiger partial charge in [-0.15, -0.1) is 0 Å². The van der Waals surface area contributed by atoms with Gasteiger partial charge in [0.1, 0.15) is 5.75 Å². The summed E-state index contributed by atoms with van der Waals surface area (Å²) in [5.74, 6) is 0.244. The minimum Gasteiger partial charge on any atom is -0.435 e. The number of halogens is 2. The summed E-state index contributed by atoms with van der Waals surface area (Å²) in [5.41, 5.74) is 0.881. The van der Waals surface area contributed by atoms with Gasteiger partial charge >= 0.3 is 6.61 Å². The Kier molecular flexibility index (Phi) is 5.12. The minimum absolute atomic E-state index is 0.0106. The summed E-state index contributed by atoms with van der Waals surface area (Å²) < 4.78 is 28.4. The molecule has 2 unspecified atom stereocenters. The molecule has 1 saturated heterocycles. The van der Waals surface area contributed by atoms with Crippen molar-refractivity contribution in [1.82, 2.24) is 10.2 Å². The van der Waals surface area contributed by atoms with Crippen LogP contribution in [-0.4, -0.2) is 37.1 Å². The maximum Gasteiger partial charge on any atom is 0.387 e. The van der Waals surface area contributed by atoms with Crippen molar-refractivity contribution < 1.29 is 18.3 Å². The number of carbonyl (C=O) groups is 1. The summed E-state index contributed by atoms with van der Waals surface area (Å²) >= 11 is 0. The van der Waals surface area contributed by atoms with Crippen molar-refractivity contribution in [3.63, 3.8) is 0 Å². The van der Waals surface area contributed by atoms with Crippen LogP contribution in [0.1, 0.15) is 18.9 Å². The molecule has 0 radical (unpaired) electrons. The Morgan fingerprint density at radius 3 is 2.62 bits per heavy atom. The molecule has 2 atom stereocenters. The topological polar surface area (TPSA) is 41.6 Å². The Balaban J connectivity index is 1.92. The van der Waals surface area contributed by atoms with E-state index in [-0.39, 0.29) is 23.6 Å². The lowest BCUT2D eigenvalue weighted by atomic mass is 10.0. The van der Waals surface area contributed by atoms with E-state index in [1.165, 1.54) is 12.1 Å². The molecule has 1 aromatic carbocycles. The van der Waals surface area contributed by atoms with E-state index in [1.54, 1.807) is 24.1 Å². The molecule has 4 nitrogen and oxygen atoms in total.